The Morgan fingerprint density at radius 3 is 2.53 bits per heavy atom. The molecule has 174 valence electrons. The molecule has 4 aromatic rings. The Labute approximate surface area is 197 Å². The molecule has 1 N–H and O–H groups in total. The molecule has 0 radical (unpaired) electrons. The monoisotopic (exact) mass is 481 g/mol. The van der Waals surface area contributed by atoms with Crippen LogP contribution in [0, 0.1) is 5.82 Å². The van der Waals surface area contributed by atoms with Crippen LogP contribution < -0.4 is 15.6 Å². The van der Waals surface area contributed by atoms with Gasteiger partial charge in [0.05, 0.1) is 17.7 Å². The van der Waals surface area contributed by atoms with Gasteiger partial charge in [-0.1, -0.05) is 18.2 Å². The van der Waals surface area contributed by atoms with E-state index in [2.05, 4.69) is 10.4 Å². The van der Waals surface area contributed by atoms with E-state index in [1.54, 1.807) is 43.5 Å². The van der Waals surface area contributed by atoms with Crippen molar-refractivity contribution in [1.29, 1.82) is 0 Å². The van der Waals surface area contributed by atoms with Crippen molar-refractivity contribution in [2.75, 3.05) is 11.9 Å². The van der Waals surface area contributed by atoms with Gasteiger partial charge >= 0.3 is 5.97 Å². The molecule has 1 atom stereocenters. The maximum absolute atomic E-state index is 13.4. The Bertz CT molecular complexity index is 1400. The number of anilines is 1. The quantitative estimate of drug-likeness (QED) is 0.398. The summed E-state index contributed by atoms with van der Waals surface area (Å²) in [6.45, 7) is 3.35. The van der Waals surface area contributed by atoms with E-state index in [0.29, 0.717) is 5.75 Å². The van der Waals surface area contributed by atoms with Crippen molar-refractivity contribution in [2.24, 2.45) is 0 Å². The molecule has 2 aromatic heterocycles. The van der Waals surface area contributed by atoms with Crippen LogP contribution in [0.5, 0.6) is 5.75 Å². The largest absolute Gasteiger partial charge is 0.481 e. The molecule has 8 nitrogen and oxygen atoms in total. The first-order chi connectivity index (χ1) is 16.4. The third kappa shape index (κ3) is 4.67. The molecule has 0 aliphatic rings. The number of fused-ring (bicyclic) bond motifs is 1. The van der Waals surface area contributed by atoms with Gasteiger partial charge in [-0.05, 0) is 50.2 Å². The Hall–Kier alpha value is -4.05. The Kier molecular flexibility index (Phi) is 6.69. The second-order valence-electron chi connectivity index (χ2n) is 7.18. The highest BCUT2D eigenvalue weighted by molar-refractivity contribution is 7.16. The third-order valence-corrected chi connectivity index (χ3v) is 5.75. The number of carbonyl (C=O) groups excluding carboxylic acids is 2. The summed E-state index contributed by atoms with van der Waals surface area (Å²) in [5.74, 6) is -1.16. The molecule has 0 bridgehead atoms. The zero-order chi connectivity index (χ0) is 24.2. The second kappa shape index (κ2) is 9.84. The van der Waals surface area contributed by atoms with Gasteiger partial charge in [-0.15, -0.1) is 11.3 Å². The number of rotatable bonds is 7. The summed E-state index contributed by atoms with van der Waals surface area (Å²) in [4.78, 5) is 38.7. The number of benzene rings is 2. The lowest BCUT2D eigenvalue weighted by Crippen LogP contribution is -2.31. The van der Waals surface area contributed by atoms with Crippen molar-refractivity contribution in [3.05, 3.63) is 81.8 Å². The van der Waals surface area contributed by atoms with Crippen LogP contribution >= 0.6 is 11.3 Å². The molecular formula is C24H20FN3O5S. The summed E-state index contributed by atoms with van der Waals surface area (Å²) in [6, 6.07) is 13.9. The van der Waals surface area contributed by atoms with Gasteiger partial charge in [-0.3, -0.25) is 9.59 Å². The lowest BCUT2D eigenvalue weighted by molar-refractivity contribution is -0.122. The van der Waals surface area contributed by atoms with Gasteiger partial charge in [0.1, 0.15) is 16.6 Å². The van der Waals surface area contributed by atoms with Crippen molar-refractivity contribution in [2.45, 2.75) is 20.0 Å². The summed E-state index contributed by atoms with van der Waals surface area (Å²) < 4.78 is 25.2. The second-order valence-corrected chi connectivity index (χ2v) is 8.06. The van der Waals surface area contributed by atoms with E-state index < -0.39 is 29.4 Å². The molecule has 4 rings (SSSR count). The van der Waals surface area contributed by atoms with Gasteiger partial charge in [-0.2, -0.15) is 9.78 Å². The summed E-state index contributed by atoms with van der Waals surface area (Å²) in [7, 11) is 0. The molecule has 2 aromatic carbocycles. The predicted molar refractivity (Wildman–Crippen MR) is 126 cm³/mol. The molecule has 2 heterocycles. The first-order valence-electron chi connectivity index (χ1n) is 10.4. The summed E-state index contributed by atoms with van der Waals surface area (Å²) in [5.41, 5.74) is -0.419. The molecule has 0 spiro atoms. The highest BCUT2D eigenvalue weighted by Gasteiger charge is 2.24. The number of nitrogens with one attached hydrogen (secondary N) is 1. The van der Waals surface area contributed by atoms with Gasteiger partial charge in [-0.25, -0.2) is 9.18 Å². The first kappa shape index (κ1) is 23.1. The Balaban J connectivity index is 1.76. The molecule has 0 fully saturated rings. The molecule has 0 aliphatic carbocycles. The standard InChI is InChI=1S/C24H20FN3O5S/c1-3-32-24(31)20-18-13-34-22(26-21(29)14(2)33-17-7-5-4-6-8-17)19(18)23(30)28(27-20)16-11-9-15(25)10-12-16/h4-14H,3H2,1-2H3,(H,26,29)/t14-/m1/s1. The number of halogens is 1. The SMILES string of the molecule is CCOC(=O)c1nn(-c2ccc(F)cc2)c(=O)c2c(NC(=O)[C@@H](C)Oc3ccccc3)scc12. The number of esters is 1. The number of carbonyl (C=O) groups is 2. The smallest absolute Gasteiger partial charge is 0.359 e. The highest BCUT2D eigenvalue weighted by Crippen LogP contribution is 2.31. The minimum Gasteiger partial charge on any atom is -0.481 e. The summed E-state index contributed by atoms with van der Waals surface area (Å²) in [6.07, 6.45) is -0.856. The molecule has 10 heteroatoms. The molecule has 34 heavy (non-hydrogen) atoms. The number of para-hydroxylation sites is 1. The molecule has 0 saturated heterocycles. The van der Waals surface area contributed by atoms with Crippen molar-refractivity contribution < 1.29 is 23.5 Å². The topological polar surface area (TPSA) is 99.5 Å². The van der Waals surface area contributed by atoms with Crippen LogP contribution in [-0.4, -0.2) is 34.4 Å². The van der Waals surface area contributed by atoms with E-state index in [1.807, 2.05) is 6.07 Å². The van der Waals surface area contributed by atoms with Crippen molar-refractivity contribution >= 4 is 39.0 Å². The maximum atomic E-state index is 13.4. The van der Waals surface area contributed by atoms with Crippen LogP contribution in [0.3, 0.4) is 0 Å². The number of hydrogen-bond donors (Lipinski definition) is 1. The van der Waals surface area contributed by atoms with Crippen LogP contribution in [-0.2, 0) is 9.53 Å². The number of nitrogens with zero attached hydrogens (tertiary/aromatic N) is 2. The molecule has 0 unspecified atom stereocenters. The molecule has 0 saturated carbocycles. The maximum Gasteiger partial charge on any atom is 0.359 e. The lowest BCUT2D eigenvalue weighted by atomic mass is 10.2. The van der Waals surface area contributed by atoms with Crippen LogP contribution in [0.15, 0.2) is 64.8 Å². The normalized spacial score (nSPS) is 11.7. The Morgan fingerprint density at radius 1 is 1.15 bits per heavy atom. The van der Waals surface area contributed by atoms with Crippen LogP contribution in [0.2, 0.25) is 0 Å². The van der Waals surface area contributed by atoms with E-state index in [0.717, 1.165) is 16.0 Å². The highest BCUT2D eigenvalue weighted by atomic mass is 32.1. The lowest BCUT2D eigenvalue weighted by Gasteiger charge is -2.14. The van der Waals surface area contributed by atoms with E-state index in [1.165, 1.54) is 24.3 Å². The van der Waals surface area contributed by atoms with Crippen LogP contribution in [0.25, 0.3) is 16.5 Å². The van der Waals surface area contributed by atoms with Crippen LogP contribution in [0.4, 0.5) is 9.39 Å². The average molecular weight is 482 g/mol. The van der Waals surface area contributed by atoms with Gasteiger partial charge < -0.3 is 14.8 Å². The minimum absolute atomic E-state index is 0.0904. The fourth-order valence-corrected chi connectivity index (χ4v) is 4.16. The van der Waals surface area contributed by atoms with E-state index in [9.17, 15) is 18.8 Å². The van der Waals surface area contributed by atoms with Crippen molar-refractivity contribution in [1.82, 2.24) is 9.78 Å². The van der Waals surface area contributed by atoms with Gasteiger partial charge in [0.25, 0.3) is 11.5 Å². The van der Waals surface area contributed by atoms with E-state index in [-0.39, 0.29) is 33.8 Å². The summed E-state index contributed by atoms with van der Waals surface area (Å²) >= 11 is 1.08. The van der Waals surface area contributed by atoms with E-state index >= 15 is 0 Å². The predicted octanol–water partition coefficient (Wildman–Crippen LogP) is 4.17. The van der Waals surface area contributed by atoms with Crippen molar-refractivity contribution in [3.8, 4) is 11.4 Å². The number of thiophene rings is 1. The fraction of sp³-hybridized carbons (Fsp3) is 0.167. The first-order valence-corrected chi connectivity index (χ1v) is 11.3. The molecular weight excluding hydrogens is 461 g/mol. The zero-order valence-corrected chi connectivity index (χ0v) is 19.1. The average Bonchev–Trinajstić information content (AvgIpc) is 3.25. The number of amides is 1. The van der Waals surface area contributed by atoms with Gasteiger partial charge in [0.15, 0.2) is 11.8 Å². The van der Waals surface area contributed by atoms with E-state index in [4.69, 9.17) is 9.47 Å². The number of aromatic nitrogens is 2. The molecule has 1 amide bonds. The van der Waals surface area contributed by atoms with Crippen molar-refractivity contribution in [3.63, 3.8) is 0 Å². The fourth-order valence-electron chi connectivity index (χ4n) is 3.22. The van der Waals surface area contributed by atoms with Crippen LogP contribution in [0.1, 0.15) is 24.3 Å². The Morgan fingerprint density at radius 2 is 1.85 bits per heavy atom. The zero-order valence-electron chi connectivity index (χ0n) is 18.3. The van der Waals surface area contributed by atoms with Gasteiger partial charge in [0.2, 0.25) is 0 Å². The summed E-state index contributed by atoms with van der Waals surface area (Å²) in [5, 5.41) is 9.02. The third-order valence-electron chi connectivity index (χ3n) is 4.85. The minimum atomic E-state index is -0.856. The van der Waals surface area contributed by atoms with Gasteiger partial charge in [0, 0.05) is 10.8 Å². The number of ether oxygens (including phenoxy) is 2. The molecule has 0 aliphatic heterocycles. The number of hydrogen-bond acceptors (Lipinski definition) is 7.